The first-order chi connectivity index (χ1) is 20.2. The quantitative estimate of drug-likeness (QED) is 0.208. The van der Waals surface area contributed by atoms with Crippen molar-refractivity contribution >= 4 is 55.2 Å². The van der Waals surface area contributed by atoms with E-state index in [1.807, 2.05) is 24.3 Å². The van der Waals surface area contributed by atoms with Crippen LogP contribution in [-0.2, 0) is 16.1 Å². The summed E-state index contributed by atoms with van der Waals surface area (Å²) in [4.78, 5) is 32.1. The molecule has 4 aromatic rings. The Hall–Kier alpha value is -3.54. The molecular weight excluding hydrogens is 691 g/mol. The molecule has 0 fully saturated rings. The minimum Gasteiger partial charge on any atom is -0.497 e. The van der Waals surface area contributed by atoms with Gasteiger partial charge in [-0.2, -0.15) is 0 Å². The van der Waals surface area contributed by atoms with Gasteiger partial charge >= 0.3 is 5.97 Å². The number of fused-ring (bicyclic) bond motifs is 1. The average molecular weight is 716 g/mol. The Labute approximate surface area is 261 Å². The summed E-state index contributed by atoms with van der Waals surface area (Å²) in [5, 5.41) is 0. The van der Waals surface area contributed by atoms with Crippen LogP contribution in [0.25, 0.3) is 6.08 Å². The first-order valence-electron chi connectivity index (χ1n) is 12.9. The topological polar surface area (TPSA) is 79.1 Å². The Morgan fingerprint density at radius 1 is 1.10 bits per heavy atom. The molecule has 7 nitrogen and oxygen atoms in total. The summed E-state index contributed by atoms with van der Waals surface area (Å²) in [7, 11) is 1.58. The summed E-state index contributed by atoms with van der Waals surface area (Å²) in [5.41, 5.74) is 2.83. The molecule has 0 N–H and O–H groups in total. The van der Waals surface area contributed by atoms with Crippen molar-refractivity contribution in [3.05, 3.63) is 123 Å². The van der Waals surface area contributed by atoms with Crippen LogP contribution in [0.4, 0.5) is 4.39 Å². The highest BCUT2D eigenvalue weighted by atomic mass is 79.9. The van der Waals surface area contributed by atoms with Gasteiger partial charge in [0.05, 0.1) is 44.5 Å². The fraction of sp³-hybridized carbons (Fsp3) is 0.194. The van der Waals surface area contributed by atoms with Gasteiger partial charge in [0.15, 0.2) is 4.80 Å². The van der Waals surface area contributed by atoms with Crippen LogP contribution in [0.3, 0.4) is 0 Å². The summed E-state index contributed by atoms with van der Waals surface area (Å²) in [6.07, 6.45) is 1.78. The number of hydrogen-bond acceptors (Lipinski definition) is 7. The minimum atomic E-state index is -0.714. The number of rotatable bonds is 8. The van der Waals surface area contributed by atoms with Crippen LogP contribution in [0, 0.1) is 5.82 Å². The van der Waals surface area contributed by atoms with Gasteiger partial charge in [-0.15, -0.1) is 0 Å². The van der Waals surface area contributed by atoms with Crippen LogP contribution >= 0.6 is 43.2 Å². The SMILES string of the molecule is CCOC(=O)C1=C(C)N=c2s/c(=C\c3cc(Br)c(OCc4ccc(F)cc4)c(Br)c3)c(=O)n2[C@@H]1c1ccc(OC)cc1. The number of carbonyl (C=O) groups excluding carboxylic acids is 1. The number of hydrogen-bond donors (Lipinski definition) is 0. The van der Waals surface area contributed by atoms with Crippen LogP contribution in [0.15, 0.2) is 90.7 Å². The second-order valence-corrected chi connectivity index (χ2v) is 12.0. The lowest BCUT2D eigenvalue weighted by atomic mass is 9.96. The number of nitrogens with zero attached hydrogens (tertiary/aromatic N) is 2. The molecule has 0 amide bonds. The van der Waals surface area contributed by atoms with Crippen molar-refractivity contribution < 1.29 is 23.4 Å². The zero-order chi connectivity index (χ0) is 30.0. The third kappa shape index (κ3) is 6.13. The first-order valence-corrected chi connectivity index (χ1v) is 15.3. The Balaban J connectivity index is 1.54. The van der Waals surface area contributed by atoms with Gasteiger partial charge < -0.3 is 14.2 Å². The predicted octanol–water partition coefficient (Wildman–Crippen LogP) is 6.05. The molecule has 0 spiro atoms. The summed E-state index contributed by atoms with van der Waals surface area (Å²) in [6, 6.07) is 16.3. The molecule has 3 aromatic carbocycles. The Kier molecular flexibility index (Phi) is 9.10. The molecule has 0 unspecified atom stereocenters. The van der Waals surface area contributed by atoms with E-state index >= 15 is 0 Å². The highest BCUT2D eigenvalue weighted by Crippen LogP contribution is 2.36. The van der Waals surface area contributed by atoms with Crippen LogP contribution in [-0.4, -0.2) is 24.3 Å². The Morgan fingerprint density at radius 3 is 2.38 bits per heavy atom. The number of carbonyl (C=O) groups is 1. The van der Waals surface area contributed by atoms with Crippen LogP contribution in [0.5, 0.6) is 11.5 Å². The molecule has 0 saturated carbocycles. The summed E-state index contributed by atoms with van der Waals surface area (Å²) >= 11 is 8.38. The number of benzene rings is 3. The molecule has 1 atom stereocenters. The van der Waals surface area contributed by atoms with Crippen molar-refractivity contribution in [2.24, 2.45) is 4.99 Å². The molecule has 0 radical (unpaired) electrons. The minimum absolute atomic E-state index is 0.197. The molecule has 2 heterocycles. The molecule has 1 aromatic heterocycles. The molecule has 0 saturated heterocycles. The second-order valence-electron chi connectivity index (χ2n) is 9.30. The molecule has 1 aliphatic rings. The summed E-state index contributed by atoms with van der Waals surface area (Å²) < 4.78 is 33.2. The van der Waals surface area contributed by atoms with Crippen LogP contribution < -0.4 is 24.4 Å². The molecule has 0 bridgehead atoms. The van der Waals surface area contributed by atoms with E-state index in [4.69, 9.17) is 14.2 Å². The summed E-state index contributed by atoms with van der Waals surface area (Å²) in [5.74, 6) is 0.411. The molecule has 1 aliphatic heterocycles. The predicted molar refractivity (Wildman–Crippen MR) is 166 cm³/mol. The summed E-state index contributed by atoms with van der Waals surface area (Å²) in [6.45, 7) is 3.94. The highest BCUT2D eigenvalue weighted by molar-refractivity contribution is 9.11. The lowest BCUT2D eigenvalue weighted by Gasteiger charge is -2.24. The number of methoxy groups -OCH3 is 1. The number of halogens is 3. The van der Waals surface area contributed by atoms with E-state index in [0.29, 0.717) is 41.0 Å². The molecular formula is C31H25Br2FN2O5S. The maximum Gasteiger partial charge on any atom is 0.338 e. The van der Waals surface area contributed by atoms with Gasteiger partial charge in [-0.1, -0.05) is 35.6 Å². The van der Waals surface area contributed by atoms with Crippen molar-refractivity contribution in [1.29, 1.82) is 0 Å². The fourth-order valence-corrected chi connectivity index (χ4v) is 7.08. The largest absolute Gasteiger partial charge is 0.497 e. The number of esters is 1. The lowest BCUT2D eigenvalue weighted by Crippen LogP contribution is -2.39. The molecule has 216 valence electrons. The van der Waals surface area contributed by atoms with Gasteiger partial charge in [-0.25, -0.2) is 14.2 Å². The van der Waals surface area contributed by atoms with E-state index in [-0.39, 0.29) is 24.6 Å². The third-order valence-corrected chi connectivity index (χ3v) is 8.72. The second kappa shape index (κ2) is 12.8. The van der Waals surface area contributed by atoms with Crippen LogP contribution in [0.2, 0.25) is 0 Å². The monoisotopic (exact) mass is 714 g/mol. The van der Waals surface area contributed by atoms with Gasteiger partial charge in [-0.05, 0) is 105 Å². The standard InChI is InChI=1S/C31H25Br2FN2O5S/c1-4-40-30(38)26-17(2)35-31-36(27(26)20-7-11-22(39-3)12-8-20)29(37)25(42-31)15-19-13-23(32)28(24(33)14-19)41-16-18-5-9-21(34)10-6-18/h5-15,27H,4,16H2,1-3H3/b25-15-/t27-/m1/s1. The first kappa shape index (κ1) is 29.9. The van der Waals surface area contributed by atoms with E-state index in [1.165, 1.54) is 23.5 Å². The van der Waals surface area contributed by atoms with Crippen LogP contribution in [0.1, 0.15) is 36.6 Å². The highest BCUT2D eigenvalue weighted by Gasteiger charge is 2.33. The zero-order valence-electron chi connectivity index (χ0n) is 22.8. The average Bonchev–Trinajstić information content (AvgIpc) is 3.26. The number of thiazole rings is 1. The van der Waals surface area contributed by atoms with Crippen molar-refractivity contribution in [2.75, 3.05) is 13.7 Å². The van der Waals surface area contributed by atoms with E-state index in [0.717, 1.165) is 16.7 Å². The van der Waals surface area contributed by atoms with Gasteiger partial charge in [0.25, 0.3) is 5.56 Å². The molecule has 0 aliphatic carbocycles. The Morgan fingerprint density at radius 2 is 1.76 bits per heavy atom. The van der Waals surface area contributed by atoms with E-state index in [2.05, 4.69) is 36.9 Å². The normalized spacial score (nSPS) is 14.8. The van der Waals surface area contributed by atoms with Gasteiger partial charge in [-0.3, -0.25) is 9.36 Å². The molecule has 42 heavy (non-hydrogen) atoms. The van der Waals surface area contributed by atoms with Gasteiger partial charge in [0.1, 0.15) is 23.9 Å². The van der Waals surface area contributed by atoms with Crippen molar-refractivity contribution in [2.45, 2.75) is 26.5 Å². The van der Waals surface area contributed by atoms with Gasteiger partial charge in [0, 0.05) is 0 Å². The number of allylic oxidation sites excluding steroid dienone is 1. The van der Waals surface area contributed by atoms with Crippen molar-refractivity contribution in [3.63, 3.8) is 0 Å². The Bertz CT molecular complexity index is 1840. The van der Waals surface area contributed by atoms with E-state index in [1.54, 1.807) is 55.9 Å². The number of ether oxygens (including phenoxy) is 3. The molecule has 11 heteroatoms. The van der Waals surface area contributed by atoms with E-state index < -0.39 is 12.0 Å². The third-order valence-electron chi connectivity index (χ3n) is 6.56. The lowest BCUT2D eigenvalue weighted by molar-refractivity contribution is -0.139. The zero-order valence-corrected chi connectivity index (χ0v) is 26.8. The fourth-order valence-electron chi connectivity index (χ4n) is 4.58. The maximum atomic E-state index is 13.9. The van der Waals surface area contributed by atoms with Crippen molar-refractivity contribution in [1.82, 2.24) is 4.57 Å². The van der Waals surface area contributed by atoms with Gasteiger partial charge in [0.2, 0.25) is 0 Å². The smallest absolute Gasteiger partial charge is 0.338 e. The van der Waals surface area contributed by atoms with Crippen molar-refractivity contribution in [3.8, 4) is 11.5 Å². The maximum absolute atomic E-state index is 13.9. The molecule has 5 rings (SSSR count). The number of aromatic nitrogens is 1. The van der Waals surface area contributed by atoms with E-state index in [9.17, 15) is 14.0 Å².